The van der Waals surface area contributed by atoms with Gasteiger partial charge in [-0.25, -0.2) is 0 Å². The largest absolute Gasteiger partial charge is 0.375 e. The first-order valence-electron chi connectivity index (χ1n) is 3.37. The highest BCUT2D eigenvalue weighted by Crippen LogP contribution is 1.93. The van der Waals surface area contributed by atoms with E-state index in [1.165, 1.54) is 0 Å². The van der Waals surface area contributed by atoms with Gasteiger partial charge in [0, 0.05) is 20.1 Å². The van der Waals surface area contributed by atoms with Crippen molar-refractivity contribution in [3.63, 3.8) is 0 Å². The van der Waals surface area contributed by atoms with Gasteiger partial charge in [0.05, 0.1) is 5.82 Å². The average molecular weight is 128 g/mol. The molecule has 0 rings (SSSR count). The molecule has 0 unspecified atom stereocenters. The van der Waals surface area contributed by atoms with Crippen molar-refractivity contribution in [3.8, 4) is 0 Å². The summed E-state index contributed by atoms with van der Waals surface area (Å²) in [6.45, 7) is 10.1. The van der Waals surface area contributed by atoms with Crippen LogP contribution in [-0.2, 0) is 0 Å². The van der Waals surface area contributed by atoms with Crippen molar-refractivity contribution in [1.29, 1.82) is 0 Å². The van der Waals surface area contributed by atoms with Gasteiger partial charge in [0.1, 0.15) is 0 Å². The molecule has 0 aliphatic carbocycles. The van der Waals surface area contributed by atoms with Gasteiger partial charge in [0.2, 0.25) is 0 Å². The van der Waals surface area contributed by atoms with Crippen LogP contribution in [0.5, 0.6) is 0 Å². The highest BCUT2D eigenvalue weighted by atomic mass is 15.2. The van der Waals surface area contributed by atoms with Crippen molar-refractivity contribution in [2.75, 3.05) is 20.1 Å². The zero-order valence-corrected chi connectivity index (χ0v) is 6.57. The molecule has 0 saturated carbocycles. The monoisotopic (exact) mass is 128 g/mol. The third-order valence-corrected chi connectivity index (χ3v) is 1.43. The minimum absolute atomic E-state index is 1.00. The lowest BCUT2D eigenvalue weighted by molar-refractivity contribution is 0.362. The molecule has 0 aliphatic heterocycles. The van der Waals surface area contributed by atoms with Crippen LogP contribution in [0.3, 0.4) is 0 Å². The summed E-state index contributed by atoms with van der Waals surface area (Å²) in [4.78, 5) is 2.17. The molecule has 0 aromatic rings. The molecular formula is C7H16N2. The molecular weight excluding hydrogens is 112 g/mol. The molecule has 2 heteroatoms. The lowest BCUT2D eigenvalue weighted by Gasteiger charge is -2.22. The van der Waals surface area contributed by atoms with Crippen LogP contribution >= 0.6 is 0 Å². The predicted octanol–water partition coefficient (Wildman–Crippen LogP) is 1.02. The SMILES string of the molecule is C=C(NC)N(CC)CC. The summed E-state index contributed by atoms with van der Waals surface area (Å²) in [6.07, 6.45) is 0. The van der Waals surface area contributed by atoms with Crippen molar-refractivity contribution < 1.29 is 0 Å². The van der Waals surface area contributed by atoms with Gasteiger partial charge >= 0.3 is 0 Å². The standard InChI is InChI=1S/C7H16N2/c1-5-9(6-2)7(3)8-4/h8H,3,5-6H2,1-2,4H3. The van der Waals surface area contributed by atoms with Gasteiger partial charge in [-0.1, -0.05) is 6.58 Å². The molecule has 9 heavy (non-hydrogen) atoms. The second-order valence-corrected chi connectivity index (χ2v) is 1.87. The number of hydrogen-bond donors (Lipinski definition) is 1. The normalized spacial score (nSPS) is 8.78. The third kappa shape index (κ3) is 2.40. The van der Waals surface area contributed by atoms with Crippen LogP contribution in [0.4, 0.5) is 0 Å². The second-order valence-electron chi connectivity index (χ2n) is 1.87. The summed E-state index contributed by atoms with van der Waals surface area (Å²) in [5.41, 5.74) is 0. The molecule has 0 amide bonds. The van der Waals surface area contributed by atoms with Gasteiger partial charge in [-0.15, -0.1) is 0 Å². The molecule has 54 valence electrons. The summed E-state index contributed by atoms with van der Waals surface area (Å²) in [6, 6.07) is 0. The highest BCUT2D eigenvalue weighted by Gasteiger charge is 1.96. The first kappa shape index (κ1) is 8.34. The Morgan fingerprint density at radius 1 is 1.44 bits per heavy atom. The van der Waals surface area contributed by atoms with Crippen LogP contribution in [0.2, 0.25) is 0 Å². The molecule has 0 bridgehead atoms. The summed E-state index contributed by atoms with van der Waals surface area (Å²) in [5.74, 6) is 1.00. The van der Waals surface area contributed by atoms with E-state index in [-0.39, 0.29) is 0 Å². The Balaban J connectivity index is 3.64. The zero-order chi connectivity index (χ0) is 7.28. The van der Waals surface area contributed by atoms with Gasteiger partial charge in [-0.3, -0.25) is 0 Å². The van der Waals surface area contributed by atoms with Crippen LogP contribution < -0.4 is 5.32 Å². The molecule has 2 nitrogen and oxygen atoms in total. The van der Waals surface area contributed by atoms with Crippen molar-refractivity contribution in [1.82, 2.24) is 10.2 Å². The summed E-state index contributed by atoms with van der Waals surface area (Å²) in [7, 11) is 1.89. The van der Waals surface area contributed by atoms with Crippen molar-refractivity contribution in [3.05, 3.63) is 12.4 Å². The fraction of sp³-hybridized carbons (Fsp3) is 0.714. The Hall–Kier alpha value is -0.660. The Morgan fingerprint density at radius 2 is 1.89 bits per heavy atom. The number of rotatable bonds is 4. The van der Waals surface area contributed by atoms with Gasteiger partial charge < -0.3 is 10.2 Å². The predicted molar refractivity (Wildman–Crippen MR) is 41.1 cm³/mol. The minimum Gasteiger partial charge on any atom is -0.375 e. The maximum absolute atomic E-state index is 3.83. The lowest BCUT2D eigenvalue weighted by atomic mass is 10.5. The van der Waals surface area contributed by atoms with E-state index in [2.05, 4.69) is 30.6 Å². The lowest BCUT2D eigenvalue weighted by Crippen LogP contribution is -2.28. The Bertz CT molecular complexity index is 84.9. The highest BCUT2D eigenvalue weighted by molar-refractivity contribution is 4.87. The molecule has 0 aliphatic rings. The van der Waals surface area contributed by atoms with Crippen LogP contribution in [-0.4, -0.2) is 25.0 Å². The molecule has 0 aromatic carbocycles. The second kappa shape index (κ2) is 4.24. The average Bonchev–Trinajstić information content (AvgIpc) is 1.90. The number of hydrogen-bond acceptors (Lipinski definition) is 2. The van der Waals surface area contributed by atoms with Crippen LogP contribution in [0.1, 0.15) is 13.8 Å². The van der Waals surface area contributed by atoms with Gasteiger partial charge in [-0.05, 0) is 13.8 Å². The van der Waals surface area contributed by atoms with E-state index in [0.29, 0.717) is 0 Å². The van der Waals surface area contributed by atoms with Crippen molar-refractivity contribution >= 4 is 0 Å². The molecule has 0 fully saturated rings. The molecule has 0 atom stereocenters. The molecule has 0 aromatic heterocycles. The molecule has 1 N–H and O–H groups in total. The van der Waals surface area contributed by atoms with E-state index in [0.717, 1.165) is 18.9 Å². The fourth-order valence-corrected chi connectivity index (χ4v) is 0.763. The van der Waals surface area contributed by atoms with Gasteiger partial charge in [-0.2, -0.15) is 0 Å². The summed E-state index contributed by atoms with van der Waals surface area (Å²) >= 11 is 0. The maximum atomic E-state index is 3.83. The Kier molecular flexibility index (Phi) is 3.93. The molecule has 0 radical (unpaired) electrons. The Labute approximate surface area is 57.5 Å². The first-order valence-corrected chi connectivity index (χ1v) is 3.37. The zero-order valence-electron chi connectivity index (χ0n) is 6.57. The van der Waals surface area contributed by atoms with Crippen molar-refractivity contribution in [2.24, 2.45) is 0 Å². The van der Waals surface area contributed by atoms with Crippen LogP contribution in [0.25, 0.3) is 0 Å². The van der Waals surface area contributed by atoms with E-state index < -0.39 is 0 Å². The smallest absolute Gasteiger partial charge is 0.0935 e. The van der Waals surface area contributed by atoms with Gasteiger partial charge in [0.15, 0.2) is 0 Å². The van der Waals surface area contributed by atoms with Crippen molar-refractivity contribution in [2.45, 2.75) is 13.8 Å². The molecule has 0 spiro atoms. The van der Waals surface area contributed by atoms with Gasteiger partial charge in [0.25, 0.3) is 0 Å². The maximum Gasteiger partial charge on any atom is 0.0935 e. The van der Waals surface area contributed by atoms with E-state index in [4.69, 9.17) is 0 Å². The summed E-state index contributed by atoms with van der Waals surface area (Å²) in [5, 5.41) is 3.00. The van der Waals surface area contributed by atoms with Crippen LogP contribution in [0, 0.1) is 0 Å². The van der Waals surface area contributed by atoms with E-state index in [9.17, 15) is 0 Å². The van der Waals surface area contributed by atoms with E-state index >= 15 is 0 Å². The first-order chi connectivity index (χ1) is 4.26. The third-order valence-electron chi connectivity index (χ3n) is 1.43. The number of nitrogens with one attached hydrogen (secondary N) is 1. The van der Waals surface area contributed by atoms with E-state index in [1.807, 2.05) is 7.05 Å². The summed E-state index contributed by atoms with van der Waals surface area (Å²) < 4.78 is 0. The number of nitrogens with zero attached hydrogens (tertiary/aromatic N) is 1. The van der Waals surface area contributed by atoms with Crippen LogP contribution in [0.15, 0.2) is 12.4 Å². The fourth-order valence-electron chi connectivity index (χ4n) is 0.763. The molecule has 0 saturated heterocycles. The van der Waals surface area contributed by atoms with E-state index in [1.54, 1.807) is 0 Å². The molecule has 0 heterocycles. The quantitative estimate of drug-likeness (QED) is 0.608. The topological polar surface area (TPSA) is 15.3 Å². The minimum atomic E-state index is 1.00. The Morgan fingerprint density at radius 3 is 2.00 bits per heavy atom.